The van der Waals surface area contributed by atoms with Crippen LogP contribution in [0.25, 0.3) is 0 Å². The van der Waals surface area contributed by atoms with Gasteiger partial charge in [0.2, 0.25) is 10.0 Å². The van der Waals surface area contributed by atoms with E-state index in [2.05, 4.69) is 4.90 Å². The first kappa shape index (κ1) is 16.4. The lowest BCUT2D eigenvalue weighted by Gasteiger charge is -2.37. The molecule has 0 amide bonds. The van der Waals surface area contributed by atoms with Gasteiger partial charge in [-0.3, -0.25) is 4.90 Å². The van der Waals surface area contributed by atoms with Crippen molar-refractivity contribution in [1.82, 2.24) is 9.21 Å². The van der Waals surface area contributed by atoms with Crippen LogP contribution >= 0.6 is 0 Å². The highest BCUT2D eigenvalue weighted by atomic mass is 32.2. The van der Waals surface area contributed by atoms with E-state index in [1.165, 1.54) is 22.5 Å². The highest BCUT2D eigenvalue weighted by Gasteiger charge is 2.30. The molecule has 0 aliphatic carbocycles. The fourth-order valence-electron chi connectivity index (χ4n) is 2.58. The SMILES string of the molecule is Cc1cc(F)ccc1S(=O)(=O)N1CCN(C(C)CN)CC1. The smallest absolute Gasteiger partial charge is 0.243 e. The maximum Gasteiger partial charge on any atom is 0.243 e. The Kier molecular flexibility index (Phi) is 4.98. The molecule has 1 aromatic rings. The van der Waals surface area contributed by atoms with E-state index in [4.69, 9.17) is 5.73 Å². The summed E-state index contributed by atoms with van der Waals surface area (Å²) in [6, 6.07) is 4.03. The van der Waals surface area contributed by atoms with Crippen LogP contribution in [-0.2, 0) is 10.0 Å². The first-order valence-electron chi connectivity index (χ1n) is 7.06. The molecule has 0 saturated carbocycles. The van der Waals surface area contributed by atoms with Gasteiger partial charge in [0.05, 0.1) is 4.90 Å². The molecule has 7 heteroatoms. The van der Waals surface area contributed by atoms with Crippen LogP contribution in [0.15, 0.2) is 23.1 Å². The van der Waals surface area contributed by atoms with Crippen LogP contribution in [0, 0.1) is 12.7 Å². The second-order valence-electron chi connectivity index (χ2n) is 5.43. The van der Waals surface area contributed by atoms with Gasteiger partial charge in [0.25, 0.3) is 0 Å². The molecule has 0 bridgehead atoms. The van der Waals surface area contributed by atoms with E-state index in [9.17, 15) is 12.8 Å². The number of hydrogen-bond acceptors (Lipinski definition) is 4. The average Bonchev–Trinajstić information content (AvgIpc) is 2.46. The molecule has 21 heavy (non-hydrogen) atoms. The third-order valence-corrected chi connectivity index (χ3v) is 6.05. The van der Waals surface area contributed by atoms with Gasteiger partial charge in [-0.1, -0.05) is 0 Å². The monoisotopic (exact) mass is 315 g/mol. The van der Waals surface area contributed by atoms with Crippen molar-refractivity contribution in [3.05, 3.63) is 29.6 Å². The van der Waals surface area contributed by atoms with Crippen LogP contribution in [0.2, 0.25) is 0 Å². The summed E-state index contributed by atoms with van der Waals surface area (Å²) in [5, 5.41) is 0. The lowest BCUT2D eigenvalue weighted by molar-refractivity contribution is 0.149. The van der Waals surface area contributed by atoms with Crippen molar-refractivity contribution in [2.45, 2.75) is 24.8 Å². The highest BCUT2D eigenvalue weighted by Crippen LogP contribution is 2.22. The van der Waals surface area contributed by atoms with Gasteiger partial charge in [-0.25, -0.2) is 12.8 Å². The number of hydrogen-bond donors (Lipinski definition) is 1. The summed E-state index contributed by atoms with van der Waals surface area (Å²) in [6.45, 7) is 6.41. The average molecular weight is 315 g/mol. The van der Waals surface area contributed by atoms with Gasteiger partial charge in [0.1, 0.15) is 5.82 Å². The number of piperazine rings is 1. The minimum absolute atomic E-state index is 0.184. The molecule has 0 aromatic heterocycles. The second-order valence-corrected chi connectivity index (χ2v) is 7.34. The third-order valence-electron chi connectivity index (χ3n) is 3.99. The highest BCUT2D eigenvalue weighted by molar-refractivity contribution is 7.89. The third kappa shape index (κ3) is 3.42. The lowest BCUT2D eigenvalue weighted by Crippen LogP contribution is -2.52. The molecule has 1 aliphatic heterocycles. The molecule has 1 unspecified atom stereocenters. The van der Waals surface area contributed by atoms with Crippen LogP contribution in [0.1, 0.15) is 12.5 Å². The normalized spacial score (nSPS) is 19.6. The largest absolute Gasteiger partial charge is 0.329 e. The molecule has 1 aromatic carbocycles. The molecular weight excluding hydrogens is 293 g/mol. The summed E-state index contributed by atoms with van der Waals surface area (Å²) >= 11 is 0. The fourth-order valence-corrected chi connectivity index (χ4v) is 4.20. The topological polar surface area (TPSA) is 66.6 Å². The van der Waals surface area contributed by atoms with E-state index in [1.54, 1.807) is 6.92 Å². The first-order chi connectivity index (χ1) is 9.86. The van der Waals surface area contributed by atoms with Crippen LogP contribution in [-0.4, -0.2) is 56.4 Å². The zero-order chi connectivity index (χ0) is 15.6. The summed E-state index contributed by atoms with van der Waals surface area (Å²) in [6.07, 6.45) is 0. The number of benzene rings is 1. The Morgan fingerprint density at radius 3 is 2.43 bits per heavy atom. The summed E-state index contributed by atoms with van der Waals surface area (Å²) in [5.41, 5.74) is 6.08. The van der Waals surface area contributed by atoms with E-state index in [0.29, 0.717) is 38.3 Å². The standard InChI is InChI=1S/C14H22FN3O2S/c1-11-9-13(15)3-4-14(11)21(19,20)18-7-5-17(6-8-18)12(2)10-16/h3-4,9,12H,5-8,10,16H2,1-2H3. The van der Waals surface area contributed by atoms with E-state index < -0.39 is 15.8 Å². The van der Waals surface area contributed by atoms with E-state index >= 15 is 0 Å². The first-order valence-corrected chi connectivity index (χ1v) is 8.50. The molecular formula is C14H22FN3O2S. The van der Waals surface area contributed by atoms with Crippen molar-refractivity contribution >= 4 is 10.0 Å². The van der Waals surface area contributed by atoms with E-state index in [1.807, 2.05) is 6.92 Å². The minimum atomic E-state index is -3.56. The number of sulfonamides is 1. The summed E-state index contributed by atoms with van der Waals surface area (Å²) in [7, 11) is -3.56. The summed E-state index contributed by atoms with van der Waals surface area (Å²) in [5.74, 6) is -0.423. The Bertz CT molecular complexity index is 598. The molecule has 2 N–H and O–H groups in total. The molecule has 1 saturated heterocycles. The van der Waals surface area contributed by atoms with Crippen LogP contribution in [0.4, 0.5) is 4.39 Å². The van der Waals surface area contributed by atoms with Gasteiger partial charge < -0.3 is 5.73 Å². The molecule has 5 nitrogen and oxygen atoms in total. The number of halogens is 1. The van der Waals surface area contributed by atoms with E-state index in [-0.39, 0.29) is 10.9 Å². The Hall–Kier alpha value is -1.02. The Labute approximate surface area is 125 Å². The molecule has 118 valence electrons. The molecule has 1 aliphatic rings. The van der Waals surface area contributed by atoms with Crippen LogP contribution in [0.5, 0.6) is 0 Å². The number of nitrogens with two attached hydrogens (primary N) is 1. The summed E-state index contributed by atoms with van der Waals surface area (Å²) < 4.78 is 39.8. The van der Waals surface area contributed by atoms with Gasteiger partial charge in [-0.05, 0) is 37.6 Å². The second kappa shape index (κ2) is 6.39. The fraction of sp³-hybridized carbons (Fsp3) is 0.571. The predicted molar refractivity (Wildman–Crippen MR) is 80.0 cm³/mol. The van der Waals surface area contributed by atoms with Crippen molar-refractivity contribution in [3.8, 4) is 0 Å². The van der Waals surface area contributed by atoms with Crippen molar-refractivity contribution in [2.75, 3.05) is 32.7 Å². The van der Waals surface area contributed by atoms with Crippen LogP contribution < -0.4 is 5.73 Å². The molecule has 1 fully saturated rings. The van der Waals surface area contributed by atoms with Gasteiger partial charge in [-0.2, -0.15) is 4.31 Å². The van der Waals surface area contributed by atoms with Gasteiger partial charge in [0, 0.05) is 38.8 Å². The molecule has 0 spiro atoms. The Morgan fingerprint density at radius 1 is 1.29 bits per heavy atom. The maximum absolute atomic E-state index is 13.1. The molecule has 0 radical (unpaired) electrons. The molecule has 1 heterocycles. The number of rotatable bonds is 4. The van der Waals surface area contributed by atoms with Gasteiger partial charge in [0.15, 0.2) is 0 Å². The zero-order valence-corrected chi connectivity index (χ0v) is 13.2. The van der Waals surface area contributed by atoms with Crippen molar-refractivity contribution < 1.29 is 12.8 Å². The molecule has 2 rings (SSSR count). The quantitative estimate of drug-likeness (QED) is 0.892. The Morgan fingerprint density at radius 2 is 1.90 bits per heavy atom. The van der Waals surface area contributed by atoms with Gasteiger partial charge >= 0.3 is 0 Å². The van der Waals surface area contributed by atoms with Crippen molar-refractivity contribution in [1.29, 1.82) is 0 Å². The zero-order valence-electron chi connectivity index (χ0n) is 12.4. The van der Waals surface area contributed by atoms with Crippen molar-refractivity contribution in [2.24, 2.45) is 5.73 Å². The minimum Gasteiger partial charge on any atom is -0.329 e. The van der Waals surface area contributed by atoms with Gasteiger partial charge in [-0.15, -0.1) is 0 Å². The maximum atomic E-state index is 13.1. The Balaban J connectivity index is 2.15. The molecule has 1 atom stereocenters. The van der Waals surface area contributed by atoms with Crippen molar-refractivity contribution in [3.63, 3.8) is 0 Å². The van der Waals surface area contributed by atoms with Crippen LogP contribution in [0.3, 0.4) is 0 Å². The predicted octanol–water partition coefficient (Wildman–Crippen LogP) is 0.788. The lowest BCUT2D eigenvalue weighted by atomic mass is 10.2. The summed E-state index contributed by atoms with van der Waals surface area (Å²) in [4.78, 5) is 2.37. The van der Waals surface area contributed by atoms with E-state index in [0.717, 1.165) is 0 Å². The number of aryl methyl sites for hydroxylation is 1. The number of nitrogens with zero attached hydrogens (tertiary/aromatic N) is 2.